The molecule has 0 bridgehead atoms. The van der Waals surface area contributed by atoms with E-state index in [1.54, 1.807) is 0 Å². The van der Waals surface area contributed by atoms with Crippen LogP contribution in [0.2, 0.25) is 0 Å². The summed E-state index contributed by atoms with van der Waals surface area (Å²) < 4.78 is 5.52. The van der Waals surface area contributed by atoms with Crippen molar-refractivity contribution in [2.45, 2.75) is 13.5 Å². The molecule has 2 rings (SSSR count). The smallest absolute Gasteiger partial charge is 0.121 e. The first-order valence-electron chi connectivity index (χ1n) is 6.47. The Morgan fingerprint density at radius 3 is 2.53 bits per heavy atom. The first kappa shape index (κ1) is 13.3. The number of nitrogens with two attached hydrogens (primary N) is 1. The van der Waals surface area contributed by atoms with Gasteiger partial charge in [0.15, 0.2) is 0 Å². The van der Waals surface area contributed by atoms with E-state index < -0.39 is 0 Å². The van der Waals surface area contributed by atoms with Crippen molar-refractivity contribution in [1.29, 1.82) is 0 Å². The lowest BCUT2D eigenvalue weighted by molar-refractivity contribution is 0.340. The van der Waals surface area contributed by atoms with E-state index in [2.05, 4.69) is 36.2 Å². The Hall–Kier alpha value is -2.16. The largest absolute Gasteiger partial charge is 0.494 e. The van der Waals surface area contributed by atoms with Gasteiger partial charge in [-0.1, -0.05) is 18.2 Å². The molecule has 0 unspecified atom stereocenters. The van der Waals surface area contributed by atoms with Gasteiger partial charge in [-0.25, -0.2) is 0 Å². The van der Waals surface area contributed by atoms with Crippen molar-refractivity contribution < 1.29 is 4.74 Å². The van der Waals surface area contributed by atoms with Gasteiger partial charge in [-0.2, -0.15) is 0 Å². The fourth-order valence-corrected chi connectivity index (χ4v) is 1.97. The number of ether oxygens (including phenoxy) is 1. The Balaban J connectivity index is 2.08. The average Bonchev–Trinajstić information content (AvgIpc) is 2.42. The molecule has 0 spiro atoms. The molecule has 2 N–H and O–H groups in total. The van der Waals surface area contributed by atoms with E-state index in [1.807, 2.05) is 31.2 Å². The zero-order valence-electron chi connectivity index (χ0n) is 11.5. The number of nitrogens with zero attached hydrogens (tertiary/aromatic N) is 1. The fraction of sp³-hybridized carbons (Fsp3) is 0.250. The van der Waals surface area contributed by atoms with Gasteiger partial charge in [0, 0.05) is 31.0 Å². The standard InChI is InChI=1S/C16H20N2O/c1-3-19-16-6-4-5-15(11-16)18(2)12-13-7-9-14(17)10-8-13/h4-11H,3,12,17H2,1-2H3. The molecule has 0 aliphatic rings. The average molecular weight is 256 g/mol. The van der Waals surface area contributed by atoms with Crippen LogP contribution in [-0.4, -0.2) is 13.7 Å². The summed E-state index contributed by atoms with van der Waals surface area (Å²) in [6.45, 7) is 3.52. The van der Waals surface area contributed by atoms with Crippen LogP contribution in [0.3, 0.4) is 0 Å². The fourth-order valence-electron chi connectivity index (χ4n) is 1.97. The normalized spacial score (nSPS) is 10.2. The third-order valence-corrected chi connectivity index (χ3v) is 2.97. The molecule has 0 aromatic heterocycles. The second kappa shape index (κ2) is 6.14. The lowest BCUT2D eigenvalue weighted by Gasteiger charge is -2.20. The van der Waals surface area contributed by atoms with E-state index >= 15 is 0 Å². The van der Waals surface area contributed by atoms with Gasteiger partial charge >= 0.3 is 0 Å². The van der Waals surface area contributed by atoms with Crippen molar-refractivity contribution in [2.75, 3.05) is 24.3 Å². The Labute approximate surface area is 114 Å². The quantitative estimate of drug-likeness (QED) is 0.834. The molecule has 2 aromatic carbocycles. The first-order valence-corrected chi connectivity index (χ1v) is 6.47. The van der Waals surface area contributed by atoms with Gasteiger partial charge in [0.1, 0.15) is 5.75 Å². The SMILES string of the molecule is CCOc1cccc(N(C)Cc2ccc(N)cc2)c1. The van der Waals surface area contributed by atoms with Crippen LogP contribution in [-0.2, 0) is 6.54 Å². The second-order valence-electron chi connectivity index (χ2n) is 4.53. The molecule has 19 heavy (non-hydrogen) atoms. The Kier molecular flexibility index (Phi) is 4.29. The van der Waals surface area contributed by atoms with Gasteiger partial charge in [-0.15, -0.1) is 0 Å². The van der Waals surface area contributed by atoms with E-state index in [4.69, 9.17) is 10.5 Å². The van der Waals surface area contributed by atoms with Crippen LogP contribution in [0.4, 0.5) is 11.4 Å². The van der Waals surface area contributed by atoms with E-state index in [0.717, 1.165) is 23.7 Å². The number of benzene rings is 2. The van der Waals surface area contributed by atoms with Crippen molar-refractivity contribution in [3.63, 3.8) is 0 Å². The number of rotatable bonds is 5. The van der Waals surface area contributed by atoms with Crippen LogP contribution >= 0.6 is 0 Å². The molecule has 0 atom stereocenters. The number of hydrogen-bond donors (Lipinski definition) is 1. The Bertz CT molecular complexity index is 523. The Morgan fingerprint density at radius 2 is 1.84 bits per heavy atom. The molecule has 0 radical (unpaired) electrons. The van der Waals surface area contributed by atoms with Crippen molar-refractivity contribution in [2.24, 2.45) is 0 Å². The number of hydrogen-bond acceptors (Lipinski definition) is 3. The minimum Gasteiger partial charge on any atom is -0.494 e. The zero-order chi connectivity index (χ0) is 13.7. The van der Waals surface area contributed by atoms with E-state index in [1.165, 1.54) is 5.56 Å². The lowest BCUT2D eigenvalue weighted by atomic mass is 10.2. The van der Waals surface area contributed by atoms with Gasteiger partial charge in [0.05, 0.1) is 6.61 Å². The van der Waals surface area contributed by atoms with Crippen LogP contribution in [0.15, 0.2) is 48.5 Å². The molecule has 2 aromatic rings. The molecule has 0 saturated carbocycles. The summed E-state index contributed by atoms with van der Waals surface area (Å²) in [5.41, 5.74) is 8.86. The Morgan fingerprint density at radius 1 is 1.11 bits per heavy atom. The molecule has 3 heteroatoms. The molecule has 3 nitrogen and oxygen atoms in total. The van der Waals surface area contributed by atoms with Crippen LogP contribution in [0.5, 0.6) is 5.75 Å². The molecule has 0 aliphatic carbocycles. The van der Waals surface area contributed by atoms with E-state index in [9.17, 15) is 0 Å². The van der Waals surface area contributed by atoms with Crippen molar-refractivity contribution in [1.82, 2.24) is 0 Å². The zero-order valence-corrected chi connectivity index (χ0v) is 11.5. The summed E-state index contributed by atoms with van der Waals surface area (Å²) in [7, 11) is 2.07. The summed E-state index contributed by atoms with van der Waals surface area (Å²) >= 11 is 0. The molecule has 100 valence electrons. The maximum atomic E-state index is 5.69. The third kappa shape index (κ3) is 3.65. The maximum absolute atomic E-state index is 5.69. The first-order chi connectivity index (χ1) is 9.19. The number of nitrogen functional groups attached to an aromatic ring is 1. The van der Waals surface area contributed by atoms with Crippen molar-refractivity contribution in [3.05, 3.63) is 54.1 Å². The van der Waals surface area contributed by atoms with Crippen LogP contribution in [0, 0.1) is 0 Å². The minimum absolute atomic E-state index is 0.686. The predicted octanol–water partition coefficient (Wildman–Crippen LogP) is 3.30. The van der Waals surface area contributed by atoms with Crippen LogP contribution in [0.1, 0.15) is 12.5 Å². The summed E-state index contributed by atoms with van der Waals surface area (Å²) in [5, 5.41) is 0. The highest BCUT2D eigenvalue weighted by Crippen LogP contribution is 2.21. The monoisotopic (exact) mass is 256 g/mol. The van der Waals surface area contributed by atoms with E-state index in [-0.39, 0.29) is 0 Å². The molecule has 0 amide bonds. The van der Waals surface area contributed by atoms with Gasteiger partial charge in [0.25, 0.3) is 0 Å². The minimum atomic E-state index is 0.686. The molecule has 0 heterocycles. The van der Waals surface area contributed by atoms with Gasteiger partial charge in [0.2, 0.25) is 0 Å². The lowest BCUT2D eigenvalue weighted by Crippen LogP contribution is -2.16. The topological polar surface area (TPSA) is 38.5 Å². The van der Waals surface area contributed by atoms with Crippen LogP contribution in [0.25, 0.3) is 0 Å². The summed E-state index contributed by atoms with van der Waals surface area (Å²) in [6, 6.07) is 16.1. The summed E-state index contributed by atoms with van der Waals surface area (Å²) in [6.07, 6.45) is 0. The molecule has 0 fully saturated rings. The number of anilines is 2. The molecular weight excluding hydrogens is 236 g/mol. The van der Waals surface area contributed by atoms with Crippen molar-refractivity contribution in [3.8, 4) is 5.75 Å². The van der Waals surface area contributed by atoms with Crippen LogP contribution < -0.4 is 15.4 Å². The highest BCUT2D eigenvalue weighted by molar-refractivity contribution is 5.51. The van der Waals surface area contributed by atoms with Crippen molar-refractivity contribution >= 4 is 11.4 Å². The van der Waals surface area contributed by atoms with Gasteiger partial charge in [-0.3, -0.25) is 0 Å². The predicted molar refractivity (Wildman–Crippen MR) is 80.6 cm³/mol. The van der Waals surface area contributed by atoms with Gasteiger partial charge in [-0.05, 0) is 36.8 Å². The molecule has 0 saturated heterocycles. The molecular formula is C16H20N2O. The summed E-state index contributed by atoms with van der Waals surface area (Å²) in [5.74, 6) is 0.907. The highest BCUT2D eigenvalue weighted by atomic mass is 16.5. The summed E-state index contributed by atoms with van der Waals surface area (Å²) in [4.78, 5) is 2.19. The molecule has 0 aliphatic heterocycles. The second-order valence-corrected chi connectivity index (χ2v) is 4.53. The maximum Gasteiger partial charge on any atom is 0.121 e. The van der Waals surface area contributed by atoms with E-state index in [0.29, 0.717) is 6.61 Å². The van der Waals surface area contributed by atoms with Gasteiger partial charge < -0.3 is 15.4 Å². The third-order valence-electron chi connectivity index (χ3n) is 2.97. The highest BCUT2D eigenvalue weighted by Gasteiger charge is 2.03.